The van der Waals surface area contributed by atoms with Crippen molar-refractivity contribution < 1.29 is 14.0 Å². The van der Waals surface area contributed by atoms with Crippen LogP contribution in [0.2, 0.25) is 10.0 Å². The van der Waals surface area contributed by atoms with E-state index in [0.29, 0.717) is 11.4 Å². The van der Waals surface area contributed by atoms with E-state index in [9.17, 15) is 14.0 Å². The van der Waals surface area contributed by atoms with Gasteiger partial charge in [0.15, 0.2) is 0 Å². The van der Waals surface area contributed by atoms with Gasteiger partial charge in [0.2, 0.25) is 11.8 Å². The Balaban J connectivity index is 2.33. The normalized spacial score (nSPS) is 11.7. The van der Waals surface area contributed by atoms with Gasteiger partial charge in [0, 0.05) is 29.2 Å². The summed E-state index contributed by atoms with van der Waals surface area (Å²) in [5.74, 6) is -1.21. The molecule has 0 bridgehead atoms. The SMILES string of the molecule is CC[C@H](C(=O)NC)N(Cc1ccc(Cl)cc1)C(=O)Cc1c(F)cccc1Cl. The number of rotatable bonds is 7. The third kappa shape index (κ3) is 5.44. The van der Waals surface area contributed by atoms with E-state index in [1.165, 1.54) is 30.1 Å². The topological polar surface area (TPSA) is 49.4 Å². The molecule has 2 rings (SSSR count). The number of carbonyl (C=O) groups excluding carboxylic acids is 2. The minimum absolute atomic E-state index is 0.122. The Morgan fingerprint density at radius 3 is 2.37 bits per heavy atom. The van der Waals surface area contributed by atoms with Gasteiger partial charge in [-0.2, -0.15) is 0 Å². The molecule has 1 atom stereocenters. The second-order valence-corrected chi connectivity index (χ2v) is 6.91. The van der Waals surface area contributed by atoms with Crippen LogP contribution in [0.3, 0.4) is 0 Å². The van der Waals surface area contributed by atoms with Gasteiger partial charge in [0.1, 0.15) is 11.9 Å². The Bertz CT molecular complexity index is 792. The lowest BCUT2D eigenvalue weighted by Crippen LogP contribution is -2.48. The molecular formula is C20H21Cl2FN2O2. The predicted molar refractivity (Wildman–Crippen MR) is 105 cm³/mol. The van der Waals surface area contributed by atoms with E-state index < -0.39 is 11.9 Å². The van der Waals surface area contributed by atoms with Gasteiger partial charge in [-0.3, -0.25) is 9.59 Å². The number of benzene rings is 2. The molecule has 1 N–H and O–H groups in total. The molecular weight excluding hydrogens is 390 g/mol. The van der Waals surface area contributed by atoms with Crippen LogP contribution in [-0.2, 0) is 22.6 Å². The summed E-state index contributed by atoms with van der Waals surface area (Å²) in [4.78, 5) is 26.7. The van der Waals surface area contributed by atoms with Gasteiger partial charge in [0.05, 0.1) is 6.42 Å². The van der Waals surface area contributed by atoms with Crippen molar-refractivity contribution in [3.63, 3.8) is 0 Å². The molecule has 0 saturated heterocycles. The summed E-state index contributed by atoms with van der Waals surface area (Å²) in [7, 11) is 1.52. The molecule has 7 heteroatoms. The van der Waals surface area contributed by atoms with Crippen LogP contribution < -0.4 is 5.32 Å². The molecule has 0 spiro atoms. The Morgan fingerprint density at radius 2 is 1.81 bits per heavy atom. The number of hydrogen-bond acceptors (Lipinski definition) is 2. The first kappa shape index (κ1) is 21.2. The first-order valence-electron chi connectivity index (χ1n) is 8.55. The van der Waals surface area contributed by atoms with Gasteiger partial charge in [-0.1, -0.05) is 48.3 Å². The molecule has 0 saturated carbocycles. The number of hydrogen-bond donors (Lipinski definition) is 1. The van der Waals surface area contributed by atoms with Crippen molar-refractivity contribution in [3.8, 4) is 0 Å². The van der Waals surface area contributed by atoms with Crippen molar-refractivity contribution >= 4 is 35.0 Å². The van der Waals surface area contributed by atoms with Crippen LogP contribution in [0, 0.1) is 5.82 Å². The summed E-state index contributed by atoms with van der Waals surface area (Å²) in [6, 6.07) is 10.6. The highest BCUT2D eigenvalue weighted by atomic mass is 35.5. The second-order valence-electron chi connectivity index (χ2n) is 6.06. The number of nitrogens with zero attached hydrogens (tertiary/aromatic N) is 1. The van der Waals surface area contributed by atoms with E-state index in [0.717, 1.165) is 5.56 Å². The highest BCUT2D eigenvalue weighted by molar-refractivity contribution is 6.31. The molecule has 144 valence electrons. The number of amides is 2. The Morgan fingerprint density at radius 1 is 1.15 bits per heavy atom. The lowest BCUT2D eigenvalue weighted by molar-refractivity contribution is -0.140. The molecule has 2 aromatic carbocycles. The van der Waals surface area contributed by atoms with Gasteiger partial charge < -0.3 is 10.2 Å². The molecule has 0 aromatic heterocycles. The Labute approximate surface area is 168 Å². The number of nitrogens with one attached hydrogen (secondary N) is 1. The van der Waals surface area contributed by atoms with Crippen molar-refractivity contribution in [2.45, 2.75) is 32.4 Å². The summed E-state index contributed by atoms with van der Waals surface area (Å²) in [5.41, 5.74) is 0.937. The molecule has 0 aliphatic carbocycles. The number of halogens is 3. The smallest absolute Gasteiger partial charge is 0.242 e. The average Bonchev–Trinajstić information content (AvgIpc) is 2.65. The first-order chi connectivity index (χ1) is 12.9. The fourth-order valence-electron chi connectivity index (χ4n) is 2.83. The van der Waals surface area contributed by atoms with E-state index in [1.807, 2.05) is 6.92 Å². The van der Waals surface area contributed by atoms with Crippen LogP contribution in [-0.4, -0.2) is 29.8 Å². The molecule has 0 fully saturated rings. The van der Waals surface area contributed by atoms with Gasteiger partial charge in [-0.15, -0.1) is 0 Å². The largest absolute Gasteiger partial charge is 0.357 e. The molecule has 0 unspecified atom stereocenters. The highest BCUT2D eigenvalue weighted by Gasteiger charge is 2.29. The fraction of sp³-hybridized carbons (Fsp3) is 0.300. The van der Waals surface area contributed by atoms with E-state index in [2.05, 4.69) is 5.32 Å². The zero-order chi connectivity index (χ0) is 20.0. The van der Waals surface area contributed by atoms with Crippen LogP contribution in [0.15, 0.2) is 42.5 Å². The maximum absolute atomic E-state index is 14.1. The minimum Gasteiger partial charge on any atom is -0.357 e. The van der Waals surface area contributed by atoms with Crippen LogP contribution in [0.1, 0.15) is 24.5 Å². The third-order valence-electron chi connectivity index (χ3n) is 4.29. The molecule has 0 aliphatic rings. The third-order valence-corrected chi connectivity index (χ3v) is 4.89. The molecule has 2 aromatic rings. The predicted octanol–water partition coefficient (Wildman–Crippen LogP) is 4.23. The fourth-order valence-corrected chi connectivity index (χ4v) is 3.18. The standard InChI is InChI=1S/C20H21Cl2FN2O2/c1-3-18(20(27)24-2)25(12-13-7-9-14(21)10-8-13)19(26)11-15-16(22)5-4-6-17(15)23/h4-10,18H,3,11-12H2,1-2H3,(H,24,27)/t18-/m1/s1. The second kappa shape index (κ2) is 9.72. The van der Waals surface area contributed by atoms with Gasteiger partial charge >= 0.3 is 0 Å². The van der Waals surface area contributed by atoms with Gasteiger partial charge in [0.25, 0.3) is 0 Å². The number of carbonyl (C=O) groups is 2. The zero-order valence-corrected chi connectivity index (χ0v) is 16.6. The van der Waals surface area contributed by atoms with Crippen molar-refractivity contribution in [2.75, 3.05) is 7.05 Å². The van der Waals surface area contributed by atoms with E-state index >= 15 is 0 Å². The van der Waals surface area contributed by atoms with Crippen molar-refractivity contribution in [1.29, 1.82) is 0 Å². The van der Waals surface area contributed by atoms with Crippen LogP contribution >= 0.6 is 23.2 Å². The zero-order valence-electron chi connectivity index (χ0n) is 15.1. The summed E-state index contributed by atoms with van der Waals surface area (Å²) in [6.07, 6.45) is 0.191. The van der Waals surface area contributed by atoms with Gasteiger partial charge in [-0.05, 0) is 36.2 Å². The van der Waals surface area contributed by atoms with E-state index in [1.54, 1.807) is 24.3 Å². The molecule has 0 radical (unpaired) electrons. The summed E-state index contributed by atoms with van der Waals surface area (Å²) < 4.78 is 14.1. The summed E-state index contributed by atoms with van der Waals surface area (Å²) in [6.45, 7) is 2.02. The van der Waals surface area contributed by atoms with Crippen LogP contribution in [0.5, 0.6) is 0 Å². The summed E-state index contributed by atoms with van der Waals surface area (Å²) >= 11 is 12.0. The van der Waals surface area contributed by atoms with E-state index in [-0.39, 0.29) is 35.4 Å². The monoisotopic (exact) mass is 410 g/mol. The molecule has 4 nitrogen and oxygen atoms in total. The lowest BCUT2D eigenvalue weighted by Gasteiger charge is -2.30. The highest BCUT2D eigenvalue weighted by Crippen LogP contribution is 2.22. The number of likely N-dealkylation sites (N-methyl/N-ethyl adjacent to an activating group) is 1. The minimum atomic E-state index is -0.677. The Kier molecular flexibility index (Phi) is 7.63. The molecule has 2 amide bonds. The lowest BCUT2D eigenvalue weighted by atomic mass is 10.1. The molecule has 27 heavy (non-hydrogen) atoms. The van der Waals surface area contributed by atoms with Crippen LogP contribution in [0.25, 0.3) is 0 Å². The van der Waals surface area contributed by atoms with Gasteiger partial charge in [-0.25, -0.2) is 4.39 Å². The van der Waals surface area contributed by atoms with Crippen molar-refractivity contribution in [1.82, 2.24) is 10.2 Å². The van der Waals surface area contributed by atoms with Crippen LogP contribution in [0.4, 0.5) is 4.39 Å². The maximum atomic E-state index is 14.1. The van der Waals surface area contributed by atoms with Crippen molar-refractivity contribution in [2.24, 2.45) is 0 Å². The molecule has 0 aliphatic heterocycles. The van der Waals surface area contributed by atoms with E-state index in [4.69, 9.17) is 23.2 Å². The maximum Gasteiger partial charge on any atom is 0.242 e. The first-order valence-corrected chi connectivity index (χ1v) is 9.31. The Hall–Kier alpha value is -2.11. The summed E-state index contributed by atoms with van der Waals surface area (Å²) in [5, 5.41) is 3.34. The van der Waals surface area contributed by atoms with Crippen molar-refractivity contribution in [3.05, 3.63) is 69.5 Å². The quantitative estimate of drug-likeness (QED) is 0.742. The average molecular weight is 411 g/mol. The molecule has 0 heterocycles.